The average molecular weight is 208 g/mol. The summed E-state index contributed by atoms with van der Waals surface area (Å²) in [6.45, 7) is 5.29. The molecule has 78 valence electrons. The number of carbonyl (C=O) groups is 1. The Labute approximate surface area is 79.1 Å². The molecule has 0 fully saturated rings. The summed E-state index contributed by atoms with van der Waals surface area (Å²) in [5.74, 6) is -0.272. The normalized spacial score (nSPS) is 12.0. The van der Waals surface area contributed by atoms with Crippen molar-refractivity contribution in [2.45, 2.75) is 20.8 Å². The fraction of sp³-hybridized carbons (Fsp3) is 0.857. The first kappa shape index (κ1) is 12.5. The van der Waals surface area contributed by atoms with E-state index in [4.69, 9.17) is 0 Å². The topological polar surface area (TPSA) is 75.3 Å². The van der Waals surface area contributed by atoms with Gasteiger partial charge in [-0.2, -0.15) is 13.1 Å². The van der Waals surface area contributed by atoms with E-state index in [1.807, 2.05) is 0 Å². The standard InChI is InChI=1S/C7H16N2O3S/c1-4-8-13(11,12)9-5-7(10)6(2)3/h6,8-9H,4-5H2,1-3H3. The van der Waals surface area contributed by atoms with E-state index in [1.165, 1.54) is 0 Å². The Morgan fingerprint density at radius 2 is 1.85 bits per heavy atom. The Morgan fingerprint density at radius 1 is 1.31 bits per heavy atom. The van der Waals surface area contributed by atoms with Gasteiger partial charge in [0.25, 0.3) is 10.2 Å². The minimum absolute atomic E-state index is 0.124. The maximum Gasteiger partial charge on any atom is 0.277 e. The molecule has 13 heavy (non-hydrogen) atoms. The number of hydrogen-bond donors (Lipinski definition) is 2. The Bertz CT molecular complexity index is 259. The number of ketones is 1. The highest BCUT2D eigenvalue weighted by molar-refractivity contribution is 7.87. The van der Waals surface area contributed by atoms with Gasteiger partial charge in [0.1, 0.15) is 5.78 Å². The van der Waals surface area contributed by atoms with Crippen LogP contribution in [-0.4, -0.2) is 27.3 Å². The molecule has 0 aromatic heterocycles. The molecule has 0 aliphatic heterocycles. The van der Waals surface area contributed by atoms with Gasteiger partial charge in [0.2, 0.25) is 0 Å². The number of carbonyl (C=O) groups excluding carboxylic acids is 1. The van der Waals surface area contributed by atoms with Crippen LogP contribution in [0.25, 0.3) is 0 Å². The summed E-state index contributed by atoms with van der Waals surface area (Å²) in [5, 5.41) is 0. The Kier molecular flexibility index (Phi) is 5.12. The van der Waals surface area contributed by atoms with Gasteiger partial charge in [-0.1, -0.05) is 20.8 Å². The first-order valence-corrected chi connectivity index (χ1v) is 5.64. The zero-order valence-electron chi connectivity index (χ0n) is 8.12. The lowest BCUT2D eigenvalue weighted by atomic mass is 10.1. The summed E-state index contributed by atoms with van der Waals surface area (Å²) < 4.78 is 26.3. The highest BCUT2D eigenvalue weighted by Gasteiger charge is 2.12. The lowest BCUT2D eigenvalue weighted by Gasteiger charge is -2.07. The van der Waals surface area contributed by atoms with Crippen molar-refractivity contribution in [3.63, 3.8) is 0 Å². The van der Waals surface area contributed by atoms with Gasteiger partial charge in [0, 0.05) is 12.5 Å². The van der Waals surface area contributed by atoms with Crippen LogP contribution in [0.3, 0.4) is 0 Å². The predicted molar refractivity (Wildman–Crippen MR) is 50.4 cm³/mol. The monoisotopic (exact) mass is 208 g/mol. The smallest absolute Gasteiger partial charge is 0.277 e. The molecule has 0 unspecified atom stereocenters. The van der Waals surface area contributed by atoms with Crippen molar-refractivity contribution >= 4 is 16.0 Å². The van der Waals surface area contributed by atoms with E-state index in [-0.39, 0.29) is 18.2 Å². The van der Waals surface area contributed by atoms with Crippen LogP contribution in [0.1, 0.15) is 20.8 Å². The van der Waals surface area contributed by atoms with Crippen molar-refractivity contribution < 1.29 is 13.2 Å². The second-order valence-electron chi connectivity index (χ2n) is 2.94. The first-order valence-electron chi connectivity index (χ1n) is 4.16. The van der Waals surface area contributed by atoms with Crippen LogP contribution in [0, 0.1) is 5.92 Å². The lowest BCUT2D eigenvalue weighted by molar-refractivity contribution is -0.120. The molecular weight excluding hydrogens is 192 g/mol. The third-order valence-corrected chi connectivity index (χ3v) is 2.61. The highest BCUT2D eigenvalue weighted by Crippen LogP contribution is 1.92. The average Bonchev–Trinajstić information content (AvgIpc) is 2.00. The second-order valence-corrected chi connectivity index (χ2v) is 4.53. The number of rotatable bonds is 6. The van der Waals surface area contributed by atoms with Crippen LogP contribution in [0.15, 0.2) is 0 Å². The highest BCUT2D eigenvalue weighted by atomic mass is 32.2. The molecule has 0 aliphatic carbocycles. The molecule has 0 heterocycles. The predicted octanol–water partition coefficient (Wildman–Crippen LogP) is -0.345. The van der Waals surface area contributed by atoms with Crippen molar-refractivity contribution in [2.24, 2.45) is 5.92 Å². The van der Waals surface area contributed by atoms with E-state index in [9.17, 15) is 13.2 Å². The molecule has 0 rings (SSSR count). The van der Waals surface area contributed by atoms with Crippen LogP contribution in [0.5, 0.6) is 0 Å². The minimum atomic E-state index is -3.48. The lowest BCUT2D eigenvalue weighted by Crippen LogP contribution is -2.39. The molecule has 0 radical (unpaired) electrons. The summed E-state index contributed by atoms with van der Waals surface area (Å²) in [6, 6.07) is 0. The maximum atomic E-state index is 11.0. The molecule has 0 spiro atoms. The van der Waals surface area contributed by atoms with Gasteiger partial charge in [0.15, 0.2) is 0 Å². The summed E-state index contributed by atoms with van der Waals surface area (Å²) in [7, 11) is -3.48. The van der Waals surface area contributed by atoms with Crippen LogP contribution < -0.4 is 9.44 Å². The van der Waals surface area contributed by atoms with Crippen molar-refractivity contribution in [3.05, 3.63) is 0 Å². The molecule has 0 aromatic carbocycles. The van der Waals surface area contributed by atoms with Gasteiger partial charge in [-0.15, -0.1) is 0 Å². The fourth-order valence-corrected chi connectivity index (χ4v) is 1.43. The van der Waals surface area contributed by atoms with E-state index in [0.29, 0.717) is 6.54 Å². The van der Waals surface area contributed by atoms with E-state index in [2.05, 4.69) is 9.44 Å². The summed E-state index contributed by atoms with van der Waals surface area (Å²) >= 11 is 0. The number of Topliss-reactive ketones (excluding diaryl/α,β-unsaturated/α-hetero) is 1. The summed E-state index contributed by atoms with van der Waals surface area (Å²) in [5.41, 5.74) is 0. The third-order valence-electron chi connectivity index (χ3n) is 1.41. The maximum absolute atomic E-state index is 11.0. The van der Waals surface area contributed by atoms with Gasteiger partial charge in [-0.05, 0) is 0 Å². The van der Waals surface area contributed by atoms with Gasteiger partial charge >= 0.3 is 0 Å². The van der Waals surface area contributed by atoms with Gasteiger partial charge in [0.05, 0.1) is 6.54 Å². The van der Waals surface area contributed by atoms with Crippen LogP contribution in [0.2, 0.25) is 0 Å². The Hall–Kier alpha value is -0.460. The van der Waals surface area contributed by atoms with E-state index in [0.717, 1.165) is 0 Å². The quantitative estimate of drug-likeness (QED) is 0.627. The van der Waals surface area contributed by atoms with E-state index < -0.39 is 10.2 Å². The van der Waals surface area contributed by atoms with E-state index >= 15 is 0 Å². The second kappa shape index (κ2) is 5.31. The molecule has 0 aromatic rings. The van der Waals surface area contributed by atoms with Crippen LogP contribution in [0.4, 0.5) is 0 Å². The van der Waals surface area contributed by atoms with Crippen LogP contribution >= 0.6 is 0 Å². The van der Waals surface area contributed by atoms with Crippen molar-refractivity contribution in [1.29, 1.82) is 0 Å². The zero-order valence-corrected chi connectivity index (χ0v) is 8.94. The molecule has 0 bridgehead atoms. The minimum Gasteiger partial charge on any atom is -0.298 e. The molecule has 0 atom stereocenters. The van der Waals surface area contributed by atoms with Crippen molar-refractivity contribution in [2.75, 3.05) is 13.1 Å². The summed E-state index contributed by atoms with van der Waals surface area (Å²) in [4.78, 5) is 11.0. The van der Waals surface area contributed by atoms with Crippen molar-refractivity contribution in [1.82, 2.24) is 9.44 Å². The molecule has 6 heteroatoms. The Balaban J connectivity index is 3.96. The van der Waals surface area contributed by atoms with Gasteiger partial charge in [-0.25, -0.2) is 4.72 Å². The molecule has 0 amide bonds. The van der Waals surface area contributed by atoms with Gasteiger partial charge < -0.3 is 0 Å². The van der Waals surface area contributed by atoms with Gasteiger partial charge in [-0.3, -0.25) is 4.79 Å². The molecule has 0 aliphatic rings. The number of nitrogens with one attached hydrogen (secondary N) is 2. The Morgan fingerprint density at radius 3 is 2.23 bits per heavy atom. The van der Waals surface area contributed by atoms with E-state index in [1.54, 1.807) is 20.8 Å². The molecule has 0 saturated carbocycles. The molecule has 5 nitrogen and oxygen atoms in total. The summed E-state index contributed by atoms with van der Waals surface area (Å²) in [6.07, 6.45) is 0. The van der Waals surface area contributed by atoms with Crippen LogP contribution in [-0.2, 0) is 15.0 Å². The zero-order chi connectivity index (χ0) is 10.5. The first-order chi connectivity index (χ1) is 5.89. The molecular formula is C7H16N2O3S. The largest absolute Gasteiger partial charge is 0.298 e. The van der Waals surface area contributed by atoms with Crippen molar-refractivity contribution in [3.8, 4) is 0 Å². The third kappa shape index (κ3) is 5.73. The number of hydrogen-bond acceptors (Lipinski definition) is 3. The molecule has 2 N–H and O–H groups in total. The molecule has 0 saturated heterocycles. The SMILES string of the molecule is CCNS(=O)(=O)NCC(=O)C(C)C. The fourth-order valence-electron chi connectivity index (χ4n) is 0.611.